The number of furan rings is 1. The molecule has 0 N–H and O–H groups in total. The summed E-state index contributed by atoms with van der Waals surface area (Å²) in [7, 11) is 0. The molecule has 3 aromatic heterocycles. The van der Waals surface area contributed by atoms with Crippen molar-refractivity contribution in [3.8, 4) is 45.3 Å². The third-order valence-corrected chi connectivity index (χ3v) is 10.3. The van der Waals surface area contributed by atoms with E-state index in [-0.39, 0.29) is 0 Å². The van der Waals surface area contributed by atoms with Crippen LogP contribution in [0.15, 0.2) is 174 Å². The molecule has 0 spiro atoms. The number of para-hydroxylation sites is 1. The van der Waals surface area contributed by atoms with Crippen LogP contribution in [0.25, 0.3) is 106 Å². The summed E-state index contributed by atoms with van der Waals surface area (Å²) in [5.74, 6) is 1.91. The van der Waals surface area contributed by atoms with E-state index in [1.165, 1.54) is 0 Å². The summed E-state index contributed by atoms with van der Waals surface area (Å²) < 4.78 is 9.02. The second-order valence-electron chi connectivity index (χ2n) is 13.5. The van der Waals surface area contributed by atoms with Crippen molar-refractivity contribution < 1.29 is 4.42 Å². The molecule has 10 aromatic rings. The lowest BCUT2D eigenvalue weighted by Crippen LogP contribution is -2.00. The summed E-state index contributed by atoms with van der Waals surface area (Å²) in [6.07, 6.45) is 6.41. The van der Waals surface area contributed by atoms with Crippen molar-refractivity contribution in [3.05, 3.63) is 170 Å². The van der Waals surface area contributed by atoms with E-state index in [2.05, 4.69) is 116 Å². The van der Waals surface area contributed by atoms with Crippen molar-refractivity contribution in [3.63, 3.8) is 0 Å². The van der Waals surface area contributed by atoms with Gasteiger partial charge in [0.2, 0.25) is 0 Å². The van der Waals surface area contributed by atoms with Crippen molar-refractivity contribution in [2.45, 2.75) is 13.8 Å². The van der Waals surface area contributed by atoms with E-state index in [4.69, 9.17) is 19.4 Å². The lowest BCUT2D eigenvalue weighted by molar-refractivity contribution is 0.673. The number of fused-ring (bicyclic) bond motifs is 8. The number of benzene rings is 7. The first-order valence-electron chi connectivity index (χ1n) is 18.3. The fourth-order valence-corrected chi connectivity index (χ4v) is 7.90. The molecule has 0 unspecified atom stereocenters. The Bertz CT molecular complexity index is 3050. The molecule has 0 aliphatic heterocycles. The molecular weight excluding hydrogens is 661 g/mol. The highest BCUT2D eigenvalue weighted by Gasteiger charge is 2.21. The Kier molecular flexibility index (Phi) is 7.51. The Balaban J connectivity index is 1.25. The van der Waals surface area contributed by atoms with Crippen LogP contribution in [0.5, 0.6) is 0 Å². The standard InChI is InChI=1S/C49H34N4O/c1-3-15-35(4-2)53-41-28-26-34(30-40(41)45-42(53)29-27-38-37-22-11-12-25-43(37)54-46(38)45)36-23-13-20-31-21-14-24-39(44(31)36)49-51-47(32-16-7-5-8-17-32)50-48(52-49)33-18-9-6-10-19-33/h3-30H,1-2H3/b15-3-,35-4+. The van der Waals surface area contributed by atoms with E-state index in [0.29, 0.717) is 17.5 Å². The van der Waals surface area contributed by atoms with E-state index < -0.39 is 0 Å². The molecule has 10 rings (SSSR count). The maximum Gasteiger partial charge on any atom is 0.164 e. The smallest absolute Gasteiger partial charge is 0.164 e. The van der Waals surface area contributed by atoms with Crippen molar-refractivity contribution >= 4 is 60.2 Å². The van der Waals surface area contributed by atoms with Gasteiger partial charge in [-0.05, 0) is 66.8 Å². The largest absolute Gasteiger partial charge is 0.455 e. The van der Waals surface area contributed by atoms with Gasteiger partial charge in [-0.3, -0.25) is 0 Å². The molecule has 0 aliphatic carbocycles. The van der Waals surface area contributed by atoms with E-state index >= 15 is 0 Å². The highest BCUT2D eigenvalue weighted by Crippen LogP contribution is 2.43. The van der Waals surface area contributed by atoms with Crippen LogP contribution in [-0.4, -0.2) is 19.5 Å². The third-order valence-electron chi connectivity index (χ3n) is 10.3. The molecule has 0 bridgehead atoms. The molecule has 0 saturated carbocycles. The predicted octanol–water partition coefficient (Wildman–Crippen LogP) is 13.1. The fourth-order valence-electron chi connectivity index (χ4n) is 7.90. The molecule has 5 heteroatoms. The highest BCUT2D eigenvalue weighted by molar-refractivity contribution is 6.25. The second kappa shape index (κ2) is 12.8. The average molecular weight is 695 g/mol. The van der Waals surface area contributed by atoms with Gasteiger partial charge in [0.15, 0.2) is 17.5 Å². The van der Waals surface area contributed by atoms with Crippen LogP contribution in [0.2, 0.25) is 0 Å². The fraction of sp³-hybridized carbons (Fsp3) is 0.0408. The molecule has 54 heavy (non-hydrogen) atoms. The van der Waals surface area contributed by atoms with Gasteiger partial charge in [-0.2, -0.15) is 0 Å². The topological polar surface area (TPSA) is 56.7 Å². The Morgan fingerprint density at radius 1 is 0.519 bits per heavy atom. The first-order chi connectivity index (χ1) is 26.7. The lowest BCUT2D eigenvalue weighted by atomic mass is 9.93. The minimum absolute atomic E-state index is 0.631. The van der Waals surface area contributed by atoms with Gasteiger partial charge in [-0.25, -0.2) is 15.0 Å². The Hall–Kier alpha value is -7.11. The molecule has 7 aromatic carbocycles. The SMILES string of the molecule is C/C=C\C(=C/C)n1c2ccc(-c3cccc4cccc(-c5nc(-c6ccccc6)nc(-c6ccccc6)n5)c34)cc2c2c3oc4ccccc4c3ccc21. The zero-order valence-corrected chi connectivity index (χ0v) is 29.9. The molecule has 0 amide bonds. The zero-order valence-electron chi connectivity index (χ0n) is 29.9. The van der Waals surface area contributed by atoms with Crippen LogP contribution < -0.4 is 0 Å². The molecule has 0 atom stereocenters. The first-order valence-corrected chi connectivity index (χ1v) is 18.3. The van der Waals surface area contributed by atoms with E-state index in [1.54, 1.807) is 0 Å². The van der Waals surface area contributed by atoms with Crippen LogP contribution in [-0.2, 0) is 0 Å². The maximum absolute atomic E-state index is 6.68. The molecule has 0 radical (unpaired) electrons. The van der Waals surface area contributed by atoms with Crippen LogP contribution in [0.3, 0.4) is 0 Å². The molecule has 0 fully saturated rings. The van der Waals surface area contributed by atoms with Gasteiger partial charge >= 0.3 is 0 Å². The third kappa shape index (κ3) is 5.05. The zero-order chi connectivity index (χ0) is 36.2. The number of aromatic nitrogens is 4. The van der Waals surface area contributed by atoms with Crippen molar-refractivity contribution in [1.29, 1.82) is 0 Å². The molecule has 0 saturated heterocycles. The van der Waals surface area contributed by atoms with Crippen LogP contribution >= 0.6 is 0 Å². The summed E-state index contributed by atoms with van der Waals surface area (Å²) in [6, 6.07) is 52.7. The number of hydrogen-bond acceptors (Lipinski definition) is 4. The van der Waals surface area contributed by atoms with Crippen LogP contribution in [0.1, 0.15) is 13.8 Å². The monoisotopic (exact) mass is 694 g/mol. The summed E-state index contributed by atoms with van der Waals surface area (Å²) in [5, 5.41) is 6.66. The average Bonchev–Trinajstić information content (AvgIpc) is 3.78. The molecule has 5 nitrogen and oxygen atoms in total. The van der Waals surface area contributed by atoms with Gasteiger partial charge in [0.05, 0.1) is 16.4 Å². The van der Waals surface area contributed by atoms with Crippen LogP contribution in [0, 0.1) is 0 Å². The predicted molar refractivity (Wildman–Crippen MR) is 224 cm³/mol. The number of allylic oxidation sites excluding steroid dienone is 4. The highest BCUT2D eigenvalue weighted by atomic mass is 16.3. The quantitative estimate of drug-likeness (QED) is 0.163. The summed E-state index contributed by atoms with van der Waals surface area (Å²) in [4.78, 5) is 15.2. The molecule has 3 heterocycles. The van der Waals surface area contributed by atoms with Gasteiger partial charge in [0, 0.05) is 43.9 Å². The minimum atomic E-state index is 0.631. The molecule has 256 valence electrons. The molecular formula is C49H34N4O. The maximum atomic E-state index is 6.68. The Morgan fingerprint density at radius 3 is 1.87 bits per heavy atom. The number of nitrogens with zero attached hydrogens (tertiary/aromatic N) is 4. The summed E-state index contributed by atoms with van der Waals surface area (Å²) in [5.41, 5.74) is 10.1. The molecule has 0 aliphatic rings. The van der Waals surface area contributed by atoms with Gasteiger partial charge in [0.25, 0.3) is 0 Å². The van der Waals surface area contributed by atoms with Crippen molar-refractivity contribution in [2.75, 3.05) is 0 Å². The lowest BCUT2D eigenvalue weighted by Gasteiger charge is -2.14. The minimum Gasteiger partial charge on any atom is -0.455 e. The normalized spacial score (nSPS) is 12.3. The van der Waals surface area contributed by atoms with Gasteiger partial charge < -0.3 is 8.98 Å². The summed E-state index contributed by atoms with van der Waals surface area (Å²) >= 11 is 0. The van der Waals surface area contributed by atoms with E-state index in [1.807, 2.05) is 72.8 Å². The Labute approximate surface area is 312 Å². The van der Waals surface area contributed by atoms with Gasteiger partial charge in [-0.1, -0.05) is 133 Å². The first kappa shape index (κ1) is 31.6. The Morgan fingerprint density at radius 2 is 1.17 bits per heavy atom. The van der Waals surface area contributed by atoms with Crippen molar-refractivity contribution in [2.24, 2.45) is 0 Å². The van der Waals surface area contributed by atoms with E-state index in [9.17, 15) is 0 Å². The number of rotatable bonds is 6. The number of hydrogen-bond donors (Lipinski definition) is 0. The van der Waals surface area contributed by atoms with Gasteiger partial charge in [-0.15, -0.1) is 0 Å². The van der Waals surface area contributed by atoms with E-state index in [0.717, 1.165) is 88.0 Å². The van der Waals surface area contributed by atoms with Crippen molar-refractivity contribution in [1.82, 2.24) is 19.5 Å². The summed E-state index contributed by atoms with van der Waals surface area (Å²) in [6.45, 7) is 4.15. The second-order valence-corrected chi connectivity index (χ2v) is 13.5. The van der Waals surface area contributed by atoms with Crippen LogP contribution in [0.4, 0.5) is 0 Å². The van der Waals surface area contributed by atoms with Gasteiger partial charge in [0.1, 0.15) is 11.2 Å².